The Labute approximate surface area is 173 Å². The molecule has 0 atom stereocenters. The van der Waals surface area contributed by atoms with Gasteiger partial charge in [0.1, 0.15) is 5.58 Å². The average molecular weight is 396 g/mol. The highest BCUT2D eigenvalue weighted by Crippen LogP contribution is 2.27. The van der Waals surface area contributed by atoms with E-state index < -0.39 is 0 Å². The Morgan fingerprint density at radius 2 is 1.67 bits per heavy atom. The van der Waals surface area contributed by atoms with Crippen molar-refractivity contribution in [2.75, 3.05) is 10.3 Å². The molecule has 0 bridgehead atoms. The SMILES string of the molecule is O=c1oc2ccccc2cc1CNc1ccc(N2NNC=C2c2ccccc2)cc1. The highest BCUT2D eigenvalue weighted by molar-refractivity contribution is 5.80. The average Bonchev–Trinajstić information content (AvgIpc) is 3.29. The summed E-state index contributed by atoms with van der Waals surface area (Å²) < 4.78 is 5.40. The van der Waals surface area contributed by atoms with Crippen LogP contribution in [0.25, 0.3) is 16.7 Å². The van der Waals surface area contributed by atoms with E-state index in [0.717, 1.165) is 28.0 Å². The molecule has 1 aliphatic heterocycles. The van der Waals surface area contributed by atoms with Crippen molar-refractivity contribution in [2.24, 2.45) is 0 Å². The Morgan fingerprint density at radius 1 is 0.900 bits per heavy atom. The van der Waals surface area contributed by atoms with Crippen molar-refractivity contribution in [3.8, 4) is 0 Å². The summed E-state index contributed by atoms with van der Waals surface area (Å²) in [6.45, 7) is 0.394. The normalized spacial score (nSPS) is 13.2. The Balaban J connectivity index is 1.31. The van der Waals surface area contributed by atoms with Crippen LogP contribution < -0.4 is 26.9 Å². The number of nitrogens with zero attached hydrogens (tertiary/aromatic N) is 1. The van der Waals surface area contributed by atoms with Gasteiger partial charge in [0.05, 0.1) is 16.9 Å². The minimum Gasteiger partial charge on any atom is -0.422 e. The van der Waals surface area contributed by atoms with Gasteiger partial charge >= 0.3 is 5.63 Å². The number of rotatable bonds is 5. The molecule has 0 saturated heterocycles. The third kappa shape index (κ3) is 3.52. The van der Waals surface area contributed by atoms with Crippen molar-refractivity contribution in [2.45, 2.75) is 6.54 Å². The summed E-state index contributed by atoms with van der Waals surface area (Å²) in [6.07, 6.45) is 1.93. The van der Waals surface area contributed by atoms with Gasteiger partial charge in [0.25, 0.3) is 0 Å². The summed E-state index contributed by atoms with van der Waals surface area (Å²) in [4.78, 5) is 12.2. The van der Waals surface area contributed by atoms with Gasteiger partial charge < -0.3 is 15.2 Å². The second-order valence-electron chi connectivity index (χ2n) is 6.98. The molecular formula is C24H20N4O2. The van der Waals surface area contributed by atoms with Crippen molar-refractivity contribution < 1.29 is 4.42 Å². The Morgan fingerprint density at radius 3 is 2.50 bits per heavy atom. The molecule has 0 fully saturated rings. The lowest BCUT2D eigenvalue weighted by molar-refractivity contribution is 0.552. The molecule has 0 amide bonds. The summed E-state index contributed by atoms with van der Waals surface area (Å²) in [5, 5.41) is 6.20. The topological polar surface area (TPSA) is 69.5 Å². The second-order valence-corrected chi connectivity index (χ2v) is 6.98. The van der Waals surface area contributed by atoms with Crippen molar-refractivity contribution >= 4 is 28.0 Å². The first-order chi connectivity index (χ1) is 14.8. The number of fused-ring (bicyclic) bond motifs is 1. The summed E-state index contributed by atoms with van der Waals surface area (Å²) in [7, 11) is 0. The molecule has 3 aromatic carbocycles. The largest absolute Gasteiger partial charge is 0.422 e. The molecule has 2 heterocycles. The van der Waals surface area contributed by atoms with Gasteiger partial charge in [0.2, 0.25) is 0 Å². The molecular weight excluding hydrogens is 376 g/mol. The van der Waals surface area contributed by atoms with Gasteiger partial charge in [-0.05, 0) is 36.4 Å². The first-order valence-electron chi connectivity index (χ1n) is 9.70. The van der Waals surface area contributed by atoms with Gasteiger partial charge in [-0.25, -0.2) is 4.79 Å². The fraction of sp³-hybridized carbons (Fsp3) is 0.0417. The number of anilines is 2. The zero-order valence-electron chi connectivity index (χ0n) is 16.1. The van der Waals surface area contributed by atoms with Crippen LogP contribution in [-0.4, -0.2) is 0 Å². The lowest BCUT2D eigenvalue weighted by Gasteiger charge is -2.21. The van der Waals surface area contributed by atoms with Crippen LogP contribution in [0.3, 0.4) is 0 Å². The van der Waals surface area contributed by atoms with E-state index in [1.807, 2.05) is 77.9 Å². The van der Waals surface area contributed by atoms with Gasteiger partial charge in [-0.15, -0.1) is 5.53 Å². The molecule has 6 heteroatoms. The molecule has 30 heavy (non-hydrogen) atoms. The molecule has 0 unspecified atom stereocenters. The molecule has 5 rings (SSSR count). The van der Waals surface area contributed by atoms with Gasteiger partial charge in [-0.2, -0.15) is 0 Å². The van der Waals surface area contributed by atoms with E-state index in [-0.39, 0.29) is 5.63 Å². The van der Waals surface area contributed by atoms with Gasteiger partial charge in [0.15, 0.2) is 0 Å². The van der Waals surface area contributed by atoms with Gasteiger partial charge in [0, 0.05) is 29.4 Å². The number of para-hydroxylation sites is 1. The quantitative estimate of drug-likeness (QED) is 0.439. The van der Waals surface area contributed by atoms with E-state index in [1.54, 1.807) is 6.07 Å². The minimum atomic E-state index is -0.317. The maximum Gasteiger partial charge on any atom is 0.341 e. The maximum absolute atomic E-state index is 12.2. The number of hydrazine groups is 2. The molecule has 1 aliphatic rings. The van der Waals surface area contributed by atoms with Crippen molar-refractivity contribution in [3.63, 3.8) is 0 Å². The van der Waals surface area contributed by atoms with E-state index in [0.29, 0.717) is 17.7 Å². The third-order valence-corrected chi connectivity index (χ3v) is 5.02. The molecule has 4 aromatic rings. The second kappa shape index (κ2) is 7.77. The van der Waals surface area contributed by atoms with E-state index in [1.165, 1.54) is 0 Å². The molecule has 3 N–H and O–H groups in total. The lowest BCUT2D eigenvalue weighted by atomic mass is 10.1. The summed E-state index contributed by atoms with van der Waals surface area (Å²) in [5.41, 5.74) is 11.1. The fourth-order valence-corrected chi connectivity index (χ4v) is 3.47. The van der Waals surface area contributed by atoms with Crippen LogP contribution >= 0.6 is 0 Å². The van der Waals surface area contributed by atoms with Gasteiger partial charge in [-0.1, -0.05) is 48.5 Å². The molecule has 6 nitrogen and oxygen atoms in total. The van der Waals surface area contributed by atoms with Crippen LogP contribution in [0, 0.1) is 0 Å². The smallest absolute Gasteiger partial charge is 0.341 e. The van der Waals surface area contributed by atoms with Crippen LogP contribution in [0.2, 0.25) is 0 Å². The number of nitrogens with one attached hydrogen (secondary N) is 3. The third-order valence-electron chi connectivity index (χ3n) is 5.02. The predicted octanol–water partition coefficient (Wildman–Crippen LogP) is 4.23. The van der Waals surface area contributed by atoms with Gasteiger partial charge in [-0.3, -0.25) is 5.01 Å². The van der Waals surface area contributed by atoms with E-state index in [4.69, 9.17) is 4.42 Å². The Kier molecular flexibility index (Phi) is 4.67. The number of benzene rings is 3. The Bertz CT molecular complexity index is 1260. The van der Waals surface area contributed by atoms with Crippen molar-refractivity contribution in [3.05, 3.63) is 113 Å². The van der Waals surface area contributed by atoms with E-state index in [9.17, 15) is 4.79 Å². The lowest BCUT2D eigenvalue weighted by Crippen LogP contribution is -2.36. The molecule has 1 aromatic heterocycles. The summed E-state index contributed by atoms with van der Waals surface area (Å²) >= 11 is 0. The monoisotopic (exact) mass is 396 g/mol. The first-order valence-corrected chi connectivity index (χ1v) is 9.70. The van der Waals surface area contributed by atoms with Crippen LogP contribution in [0.1, 0.15) is 11.1 Å². The van der Waals surface area contributed by atoms with Crippen molar-refractivity contribution in [1.29, 1.82) is 0 Å². The highest BCUT2D eigenvalue weighted by atomic mass is 16.4. The zero-order valence-corrected chi connectivity index (χ0v) is 16.1. The van der Waals surface area contributed by atoms with Crippen LogP contribution in [0.4, 0.5) is 11.4 Å². The van der Waals surface area contributed by atoms with Crippen LogP contribution in [0.15, 0.2) is 100 Å². The molecule has 0 aliphatic carbocycles. The highest BCUT2D eigenvalue weighted by Gasteiger charge is 2.18. The molecule has 0 spiro atoms. The molecule has 0 saturated carbocycles. The zero-order chi connectivity index (χ0) is 20.3. The minimum absolute atomic E-state index is 0.317. The molecule has 0 radical (unpaired) electrons. The fourth-order valence-electron chi connectivity index (χ4n) is 3.47. The van der Waals surface area contributed by atoms with Crippen LogP contribution in [-0.2, 0) is 6.54 Å². The standard InChI is InChI=1S/C24H20N4O2/c29-24-19(14-18-8-4-5-9-23(18)30-24)15-25-20-10-12-21(13-11-20)28-22(16-26-27-28)17-6-2-1-3-7-17/h1-14,16,25-27H,15H2. The summed E-state index contributed by atoms with van der Waals surface area (Å²) in [5.74, 6) is 0. The number of hydrogen-bond donors (Lipinski definition) is 3. The maximum atomic E-state index is 12.2. The Hall–Kier alpha value is -4.03. The van der Waals surface area contributed by atoms with Crippen LogP contribution in [0.5, 0.6) is 0 Å². The van der Waals surface area contributed by atoms with E-state index >= 15 is 0 Å². The number of hydrogen-bond acceptors (Lipinski definition) is 6. The first kappa shape index (κ1) is 18.0. The van der Waals surface area contributed by atoms with Crippen molar-refractivity contribution in [1.82, 2.24) is 11.0 Å². The van der Waals surface area contributed by atoms with E-state index in [2.05, 4.69) is 28.4 Å². The predicted molar refractivity (Wildman–Crippen MR) is 119 cm³/mol. The summed E-state index contributed by atoms with van der Waals surface area (Å²) in [6, 6.07) is 27.6. The molecule has 148 valence electrons.